The molecule has 0 spiro atoms. The molecule has 3 nitrogen and oxygen atoms in total. The average molecular weight is 244 g/mol. The summed E-state index contributed by atoms with van der Waals surface area (Å²) in [6, 6.07) is 0. The zero-order chi connectivity index (χ0) is 13.5. The van der Waals surface area contributed by atoms with Gasteiger partial charge in [-0.1, -0.05) is 13.8 Å². The molecule has 0 aromatic heterocycles. The Balaban J connectivity index is 3.80. The third-order valence-corrected chi connectivity index (χ3v) is 3.34. The average Bonchev–Trinajstić information content (AvgIpc) is 2.28. The van der Waals surface area contributed by atoms with Crippen molar-refractivity contribution < 1.29 is 14.6 Å². The van der Waals surface area contributed by atoms with Crippen LogP contribution in [0.2, 0.25) is 0 Å². The number of ketones is 1. The van der Waals surface area contributed by atoms with Gasteiger partial charge in [-0.15, -0.1) is 0 Å². The maximum absolute atomic E-state index is 11.7. The molecule has 0 saturated heterocycles. The van der Waals surface area contributed by atoms with E-state index in [-0.39, 0.29) is 18.0 Å². The lowest BCUT2D eigenvalue weighted by molar-refractivity contribution is -0.136. The van der Waals surface area contributed by atoms with Gasteiger partial charge in [-0.05, 0) is 46.5 Å². The molecule has 1 N–H and O–H groups in total. The molecule has 17 heavy (non-hydrogen) atoms. The SMILES string of the molecule is CCC(C)OC(C)CCCC(=O)C(C)(O)CC. The van der Waals surface area contributed by atoms with Crippen molar-refractivity contribution in [1.82, 2.24) is 0 Å². The molecule has 102 valence electrons. The number of hydrogen-bond donors (Lipinski definition) is 1. The van der Waals surface area contributed by atoms with Crippen LogP contribution in [0.15, 0.2) is 0 Å². The minimum atomic E-state index is -1.15. The Bertz CT molecular complexity index is 224. The van der Waals surface area contributed by atoms with Crippen LogP contribution in [-0.4, -0.2) is 28.7 Å². The number of carbonyl (C=O) groups is 1. The second-order valence-corrected chi connectivity index (χ2v) is 5.11. The summed E-state index contributed by atoms with van der Waals surface area (Å²) < 4.78 is 5.72. The Morgan fingerprint density at radius 2 is 1.88 bits per heavy atom. The summed E-state index contributed by atoms with van der Waals surface area (Å²) >= 11 is 0. The van der Waals surface area contributed by atoms with Crippen molar-refractivity contribution in [2.24, 2.45) is 0 Å². The lowest BCUT2D eigenvalue weighted by Crippen LogP contribution is -2.34. The van der Waals surface area contributed by atoms with E-state index >= 15 is 0 Å². The minimum absolute atomic E-state index is 0.0595. The van der Waals surface area contributed by atoms with Crippen molar-refractivity contribution in [2.75, 3.05) is 0 Å². The number of rotatable bonds is 9. The maximum atomic E-state index is 11.7. The molecule has 0 fully saturated rings. The molecule has 0 bridgehead atoms. The summed E-state index contributed by atoms with van der Waals surface area (Å²) in [6.45, 7) is 9.61. The van der Waals surface area contributed by atoms with E-state index in [0.29, 0.717) is 12.8 Å². The first-order valence-electron chi connectivity index (χ1n) is 6.74. The van der Waals surface area contributed by atoms with Crippen LogP contribution in [-0.2, 0) is 9.53 Å². The minimum Gasteiger partial charge on any atom is -0.382 e. The highest BCUT2D eigenvalue weighted by molar-refractivity contribution is 5.86. The summed E-state index contributed by atoms with van der Waals surface area (Å²) in [4.78, 5) is 11.7. The van der Waals surface area contributed by atoms with Crippen molar-refractivity contribution in [1.29, 1.82) is 0 Å². The van der Waals surface area contributed by atoms with Gasteiger partial charge < -0.3 is 9.84 Å². The predicted molar refractivity (Wildman–Crippen MR) is 70.1 cm³/mol. The molecule has 0 aromatic carbocycles. The second-order valence-electron chi connectivity index (χ2n) is 5.11. The highest BCUT2D eigenvalue weighted by atomic mass is 16.5. The van der Waals surface area contributed by atoms with Gasteiger partial charge in [-0.3, -0.25) is 4.79 Å². The van der Waals surface area contributed by atoms with Crippen LogP contribution < -0.4 is 0 Å². The molecule has 0 heterocycles. The number of ether oxygens (including phenoxy) is 1. The highest BCUT2D eigenvalue weighted by Crippen LogP contribution is 2.16. The summed E-state index contributed by atoms with van der Waals surface area (Å²) in [5.74, 6) is -0.0595. The molecule has 0 aliphatic carbocycles. The van der Waals surface area contributed by atoms with Crippen LogP contribution in [0.5, 0.6) is 0 Å². The Kier molecular flexibility index (Phi) is 7.64. The van der Waals surface area contributed by atoms with E-state index in [1.165, 1.54) is 0 Å². The van der Waals surface area contributed by atoms with Gasteiger partial charge in [-0.2, -0.15) is 0 Å². The molecular formula is C14H28O3. The van der Waals surface area contributed by atoms with E-state index in [9.17, 15) is 9.90 Å². The van der Waals surface area contributed by atoms with Crippen LogP contribution in [0.1, 0.15) is 66.7 Å². The van der Waals surface area contributed by atoms with E-state index in [4.69, 9.17) is 4.74 Å². The van der Waals surface area contributed by atoms with Crippen LogP contribution in [0.3, 0.4) is 0 Å². The van der Waals surface area contributed by atoms with Gasteiger partial charge in [0.15, 0.2) is 5.78 Å². The van der Waals surface area contributed by atoms with E-state index in [1.54, 1.807) is 6.92 Å². The van der Waals surface area contributed by atoms with Crippen molar-refractivity contribution in [2.45, 2.75) is 84.5 Å². The molecule has 0 amide bonds. The topological polar surface area (TPSA) is 46.5 Å². The normalized spacial score (nSPS) is 18.5. The van der Waals surface area contributed by atoms with Gasteiger partial charge in [0.05, 0.1) is 12.2 Å². The smallest absolute Gasteiger partial charge is 0.164 e. The predicted octanol–water partition coefficient (Wildman–Crippen LogP) is 3.09. The first kappa shape index (κ1) is 16.6. The van der Waals surface area contributed by atoms with Crippen molar-refractivity contribution in [3.63, 3.8) is 0 Å². The zero-order valence-electron chi connectivity index (χ0n) is 12.0. The second kappa shape index (κ2) is 7.83. The summed E-state index contributed by atoms with van der Waals surface area (Å²) in [7, 11) is 0. The Labute approximate surface area is 106 Å². The van der Waals surface area contributed by atoms with Crippen LogP contribution in [0.25, 0.3) is 0 Å². The molecule has 0 rings (SSSR count). The molecule has 0 aliphatic heterocycles. The molecule has 0 saturated carbocycles. The fraction of sp³-hybridized carbons (Fsp3) is 0.929. The summed E-state index contributed by atoms with van der Waals surface area (Å²) in [6.07, 6.45) is 4.04. The number of carbonyl (C=O) groups excluding carboxylic acids is 1. The van der Waals surface area contributed by atoms with Crippen LogP contribution in [0, 0.1) is 0 Å². The van der Waals surface area contributed by atoms with Crippen molar-refractivity contribution in [3.05, 3.63) is 0 Å². The molecule has 0 radical (unpaired) electrons. The molecule has 3 heteroatoms. The van der Waals surface area contributed by atoms with Crippen LogP contribution in [0.4, 0.5) is 0 Å². The molecule has 3 unspecified atom stereocenters. The van der Waals surface area contributed by atoms with E-state index in [0.717, 1.165) is 19.3 Å². The Hall–Kier alpha value is -0.410. The number of hydrogen-bond acceptors (Lipinski definition) is 3. The van der Waals surface area contributed by atoms with Crippen LogP contribution >= 0.6 is 0 Å². The molecule has 3 atom stereocenters. The van der Waals surface area contributed by atoms with Crippen molar-refractivity contribution in [3.8, 4) is 0 Å². The summed E-state index contributed by atoms with van der Waals surface area (Å²) in [5.41, 5.74) is -1.15. The number of aliphatic hydroxyl groups is 1. The van der Waals surface area contributed by atoms with E-state index < -0.39 is 5.60 Å². The standard InChI is InChI=1S/C14H28O3/c1-6-11(3)17-12(4)9-8-10-13(15)14(5,16)7-2/h11-12,16H,6-10H2,1-5H3. The Morgan fingerprint density at radius 1 is 1.29 bits per heavy atom. The lowest BCUT2D eigenvalue weighted by atomic mass is 9.94. The fourth-order valence-corrected chi connectivity index (χ4v) is 1.58. The molecular weight excluding hydrogens is 216 g/mol. The third kappa shape index (κ3) is 6.79. The van der Waals surface area contributed by atoms with Gasteiger partial charge >= 0.3 is 0 Å². The Morgan fingerprint density at radius 3 is 2.35 bits per heavy atom. The van der Waals surface area contributed by atoms with Gasteiger partial charge in [0.1, 0.15) is 5.60 Å². The summed E-state index contributed by atoms with van der Waals surface area (Å²) in [5, 5.41) is 9.76. The van der Waals surface area contributed by atoms with E-state index in [2.05, 4.69) is 13.8 Å². The number of Topliss-reactive ketones (excluding diaryl/α,β-unsaturated/α-hetero) is 1. The first-order chi connectivity index (χ1) is 7.83. The van der Waals surface area contributed by atoms with Gasteiger partial charge in [-0.25, -0.2) is 0 Å². The van der Waals surface area contributed by atoms with Gasteiger partial charge in [0.2, 0.25) is 0 Å². The highest BCUT2D eigenvalue weighted by Gasteiger charge is 2.26. The monoisotopic (exact) mass is 244 g/mol. The lowest BCUT2D eigenvalue weighted by Gasteiger charge is -2.21. The first-order valence-corrected chi connectivity index (χ1v) is 6.74. The third-order valence-electron chi connectivity index (χ3n) is 3.34. The van der Waals surface area contributed by atoms with Crippen molar-refractivity contribution >= 4 is 5.78 Å². The zero-order valence-corrected chi connectivity index (χ0v) is 12.0. The van der Waals surface area contributed by atoms with Gasteiger partial charge in [0.25, 0.3) is 0 Å². The molecule has 0 aromatic rings. The van der Waals surface area contributed by atoms with Gasteiger partial charge in [0, 0.05) is 6.42 Å². The molecule has 0 aliphatic rings. The van der Waals surface area contributed by atoms with E-state index in [1.807, 2.05) is 13.8 Å². The quantitative estimate of drug-likeness (QED) is 0.678. The maximum Gasteiger partial charge on any atom is 0.164 e. The fourth-order valence-electron chi connectivity index (χ4n) is 1.58. The largest absolute Gasteiger partial charge is 0.382 e.